The van der Waals surface area contributed by atoms with Crippen molar-refractivity contribution in [1.29, 1.82) is 0 Å². The largest absolute Gasteiger partial charge is 0.446 e. The molecule has 5 rings (SSSR count). The molecule has 1 radical (unpaired) electrons. The highest BCUT2D eigenvalue weighted by Crippen LogP contribution is 2.32. The Morgan fingerprint density at radius 2 is 1.85 bits per heavy atom. The minimum Gasteiger partial charge on any atom is -0.446 e. The van der Waals surface area contributed by atoms with Crippen LogP contribution in [0.4, 0.5) is 14.0 Å². The van der Waals surface area contributed by atoms with E-state index in [0.29, 0.717) is 29.2 Å². The van der Waals surface area contributed by atoms with Gasteiger partial charge < -0.3 is 24.3 Å². The number of likely N-dealkylation sites (tertiary alicyclic amines) is 1. The van der Waals surface area contributed by atoms with E-state index in [2.05, 4.69) is 5.32 Å². The second kappa shape index (κ2) is 14.8. The molecule has 1 aromatic rings. The summed E-state index contributed by atoms with van der Waals surface area (Å²) in [5.74, 6) is -2.49. The van der Waals surface area contributed by atoms with E-state index in [4.69, 9.17) is 14.1 Å². The molecule has 12 nitrogen and oxygen atoms in total. The Hall–Kier alpha value is -3.39. The molecule has 4 amide bonds. The van der Waals surface area contributed by atoms with E-state index in [9.17, 15) is 28.8 Å². The van der Waals surface area contributed by atoms with E-state index < -0.39 is 59.4 Å². The smallest absolute Gasteiger partial charge is 0.410 e. The molecule has 14 heteroatoms. The first-order valence-electron chi connectivity index (χ1n) is 16.8. The van der Waals surface area contributed by atoms with E-state index >= 15 is 0 Å². The molecule has 1 aliphatic carbocycles. The number of amides is 4. The van der Waals surface area contributed by atoms with Gasteiger partial charge in [0.05, 0.1) is 19.0 Å². The molecule has 4 unspecified atom stereocenters. The number of nitrogens with zero attached hydrogens (tertiary/aromatic N) is 3. The number of alkyl carbamates (subject to hydrolysis) is 1. The van der Waals surface area contributed by atoms with E-state index in [1.54, 1.807) is 32.9 Å². The summed E-state index contributed by atoms with van der Waals surface area (Å²) in [5.41, 5.74) is 0.326. The second-order valence-corrected chi connectivity index (χ2v) is 14.2. The summed E-state index contributed by atoms with van der Waals surface area (Å²) in [6, 6.07) is 2.41. The van der Waals surface area contributed by atoms with Gasteiger partial charge in [-0.05, 0) is 61.5 Å². The highest BCUT2D eigenvalue weighted by atomic mass is 19.1. The molecule has 0 spiro atoms. The molecular weight excluding hydrogens is 610 g/mol. The quantitative estimate of drug-likeness (QED) is 0.251. The van der Waals surface area contributed by atoms with Crippen molar-refractivity contribution >= 4 is 31.5 Å². The van der Waals surface area contributed by atoms with Gasteiger partial charge in [0.25, 0.3) is 5.91 Å². The van der Waals surface area contributed by atoms with Crippen molar-refractivity contribution in [1.82, 2.24) is 20.2 Å². The lowest BCUT2D eigenvalue weighted by Crippen LogP contribution is -2.59. The van der Waals surface area contributed by atoms with Crippen molar-refractivity contribution in [3.63, 3.8) is 0 Å². The number of benzene rings is 1. The lowest BCUT2D eigenvalue weighted by Gasteiger charge is -2.37. The number of fused-ring (bicyclic) bond motifs is 1. The molecule has 1 aromatic carbocycles. The molecule has 0 aromatic heterocycles. The van der Waals surface area contributed by atoms with Crippen LogP contribution in [0.25, 0.3) is 0 Å². The number of rotatable bonds is 7. The minimum absolute atomic E-state index is 0.0397. The number of ether oxygens (including phenoxy) is 2. The van der Waals surface area contributed by atoms with Gasteiger partial charge in [0.1, 0.15) is 30.1 Å². The van der Waals surface area contributed by atoms with E-state index in [-0.39, 0.29) is 38.1 Å². The third kappa shape index (κ3) is 8.02. The van der Waals surface area contributed by atoms with Gasteiger partial charge in [-0.3, -0.25) is 19.7 Å². The number of carbonyl (C=O) groups excluding carboxylic acids is 4. The molecule has 5 atom stereocenters. The van der Waals surface area contributed by atoms with Gasteiger partial charge in [-0.15, -0.1) is 0 Å². The average molecular weight is 658 g/mol. The number of nitrogens with one attached hydrogen (secondary N) is 1. The molecule has 1 saturated carbocycles. The normalized spacial score (nSPS) is 25.4. The van der Waals surface area contributed by atoms with Gasteiger partial charge >= 0.3 is 19.7 Å². The topological polar surface area (TPSA) is 138 Å². The lowest BCUT2D eigenvalue weighted by atomic mass is 9.75. The first kappa shape index (κ1) is 34.9. The Balaban J connectivity index is 1.35. The fraction of sp³-hybridized carbons (Fsp3) is 0.697. The molecule has 3 heterocycles. The van der Waals surface area contributed by atoms with Crippen molar-refractivity contribution in [2.45, 2.75) is 122 Å². The predicted octanol–water partition coefficient (Wildman–Crippen LogP) is 4.33. The number of halogens is 1. The van der Waals surface area contributed by atoms with Crippen molar-refractivity contribution < 1.29 is 42.9 Å². The van der Waals surface area contributed by atoms with Gasteiger partial charge in [0.15, 0.2) is 0 Å². The van der Waals surface area contributed by atoms with Crippen molar-refractivity contribution in [2.75, 3.05) is 13.2 Å². The van der Waals surface area contributed by atoms with Gasteiger partial charge in [-0.25, -0.2) is 19.0 Å². The number of hydrogen-bond donors (Lipinski definition) is 2. The SMILES string of the molecule is CCC1CCCO[B][C@H]1N(O)C(=O)C1CC(OC(=O)N2Cc3cccc(F)c3C2)CN1C(=O)C(NC(=O)OC1CCCC1)C(C)(C)C. The zero-order valence-electron chi connectivity index (χ0n) is 27.8. The maximum Gasteiger partial charge on any atom is 0.410 e. The fourth-order valence-corrected chi connectivity index (χ4v) is 7.09. The molecule has 257 valence electrons. The van der Waals surface area contributed by atoms with Crippen LogP contribution in [0.1, 0.15) is 90.2 Å². The molecule has 3 fully saturated rings. The molecule has 2 N–H and O–H groups in total. The lowest BCUT2D eigenvalue weighted by molar-refractivity contribution is -0.180. The maximum absolute atomic E-state index is 14.4. The average Bonchev–Trinajstić information content (AvgIpc) is 3.76. The molecule has 4 aliphatic rings. The first-order chi connectivity index (χ1) is 22.4. The summed E-state index contributed by atoms with van der Waals surface area (Å²) in [4.78, 5) is 57.2. The summed E-state index contributed by atoms with van der Waals surface area (Å²) >= 11 is 0. The van der Waals surface area contributed by atoms with Crippen LogP contribution >= 0.6 is 0 Å². The Labute approximate surface area is 276 Å². The Morgan fingerprint density at radius 1 is 1.11 bits per heavy atom. The highest BCUT2D eigenvalue weighted by molar-refractivity contribution is 6.30. The monoisotopic (exact) mass is 657 g/mol. The Bertz CT molecular complexity index is 1320. The van der Waals surface area contributed by atoms with Crippen LogP contribution < -0.4 is 5.32 Å². The van der Waals surface area contributed by atoms with Crippen LogP contribution in [-0.4, -0.2) is 94.9 Å². The molecule has 47 heavy (non-hydrogen) atoms. The zero-order chi connectivity index (χ0) is 33.9. The third-order valence-electron chi connectivity index (χ3n) is 9.82. The Kier molecular flexibility index (Phi) is 11.0. The van der Waals surface area contributed by atoms with Gasteiger partial charge in [0.2, 0.25) is 5.91 Å². The van der Waals surface area contributed by atoms with Crippen LogP contribution in [0.5, 0.6) is 0 Å². The molecule has 2 saturated heterocycles. The van der Waals surface area contributed by atoms with Crippen molar-refractivity contribution in [2.24, 2.45) is 11.3 Å². The molecular formula is C33H47BFN4O8. The number of hydroxylamine groups is 2. The second-order valence-electron chi connectivity index (χ2n) is 14.2. The van der Waals surface area contributed by atoms with Gasteiger partial charge in [0, 0.05) is 25.1 Å². The third-order valence-corrected chi connectivity index (χ3v) is 9.82. The van der Waals surface area contributed by atoms with Crippen LogP contribution in [0.2, 0.25) is 0 Å². The van der Waals surface area contributed by atoms with Gasteiger partial charge in [-0.2, -0.15) is 0 Å². The summed E-state index contributed by atoms with van der Waals surface area (Å²) < 4.78 is 31.3. The highest BCUT2D eigenvalue weighted by Gasteiger charge is 2.49. The fourth-order valence-electron chi connectivity index (χ4n) is 7.09. The maximum atomic E-state index is 14.4. The minimum atomic E-state index is -1.19. The standard InChI is InChI=1S/C33H47BFN4O8/c1-5-20-11-9-15-45-34-28(20)39(44)29(40)26-16-23(47-32(43)37-17-21-10-8-14-25(35)24(21)19-37)18-38(26)30(41)27(33(2,3)4)36-31(42)46-22-12-6-7-13-22/h8,10,14,20,22-23,26-28,44H,5-7,9,11-13,15-19H2,1-4H3,(H,36,42)/t20?,23?,26?,27?,28-/m0/s1. The Morgan fingerprint density at radius 3 is 2.53 bits per heavy atom. The molecule has 3 aliphatic heterocycles. The zero-order valence-corrected chi connectivity index (χ0v) is 27.8. The van der Waals surface area contributed by atoms with Crippen LogP contribution in [0.15, 0.2) is 18.2 Å². The summed E-state index contributed by atoms with van der Waals surface area (Å²) in [7, 11) is 1.47. The van der Waals surface area contributed by atoms with Crippen LogP contribution in [0, 0.1) is 17.2 Å². The van der Waals surface area contributed by atoms with Crippen molar-refractivity contribution in [3.05, 3.63) is 35.1 Å². The summed E-state index contributed by atoms with van der Waals surface area (Å²) in [5, 5.41) is 14.7. The summed E-state index contributed by atoms with van der Waals surface area (Å²) in [6.07, 6.45) is 3.08. The van der Waals surface area contributed by atoms with Crippen LogP contribution in [-0.2, 0) is 36.8 Å². The summed E-state index contributed by atoms with van der Waals surface area (Å²) in [6.45, 7) is 7.90. The first-order valence-corrected chi connectivity index (χ1v) is 16.8. The van der Waals surface area contributed by atoms with E-state index in [1.807, 2.05) is 6.92 Å². The predicted molar refractivity (Wildman–Crippen MR) is 168 cm³/mol. The van der Waals surface area contributed by atoms with Crippen molar-refractivity contribution in [3.8, 4) is 0 Å². The molecule has 0 bridgehead atoms. The van der Waals surface area contributed by atoms with Crippen LogP contribution in [0.3, 0.4) is 0 Å². The van der Waals surface area contributed by atoms with Gasteiger partial charge in [-0.1, -0.05) is 46.2 Å². The van der Waals surface area contributed by atoms with E-state index in [1.165, 1.54) is 23.3 Å². The number of carbonyl (C=O) groups is 4. The number of hydrogen-bond acceptors (Lipinski definition) is 8. The van der Waals surface area contributed by atoms with E-state index in [0.717, 1.165) is 38.5 Å².